The van der Waals surface area contributed by atoms with Crippen LogP contribution in [0.15, 0.2) is 47.5 Å². The van der Waals surface area contributed by atoms with Gasteiger partial charge < -0.3 is 5.32 Å². The Balaban J connectivity index is 1.91. The Bertz CT molecular complexity index is 802. The molecule has 2 heterocycles. The fourth-order valence-electron chi connectivity index (χ4n) is 3.26. The largest absolute Gasteiger partial charge is 0.370 e. The quantitative estimate of drug-likeness (QED) is 0.883. The number of hydrogen-bond acceptors (Lipinski definition) is 4. The standard InChI is InChI=1S/C19H25N3O2S/c1-3-20-19-12-9-16(14-21-19)18-6-4-5-13-22(18)25(23,24)17-10-7-15(2)8-11-17/h7-12,14,18H,3-6,13H2,1-2H3,(H,20,21)/t18-/m1/s1. The van der Waals surface area contributed by atoms with E-state index >= 15 is 0 Å². The van der Waals surface area contributed by atoms with Crippen LogP contribution in [0.5, 0.6) is 0 Å². The fraction of sp³-hybridized carbons (Fsp3) is 0.421. The summed E-state index contributed by atoms with van der Waals surface area (Å²) in [6, 6.07) is 10.8. The van der Waals surface area contributed by atoms with Crippen molar-refractivity contribution in [3.63, 3.8) is 0 Å². The summed E-state index contributed by atoms with van der Waals surface area (Å²) in [7, 11) is -3.51. The first-order chi connectivity index (χ1) is 12.0. The van der Waals surface area contributed by atoms with E-state index in [4.69, 9.17) is 0 Å². The molecule has 1 saturated heterocycles. The van der Waals surface area contributed by atoms with Gasteiger partial charge in [0.15, 0.2) is 0 Å². The molecule has 0 amide bonds. The maximum absolute atomic E-state index is 13.1. The molecule has 0 spiro atoms. The van der Waals surface area contributed by atoms with Crippen molar-refractivity contribution in [3.8, 4) is 0 Å². The van der Waals surface area contributed by atoms with Crippen LogP contribution < -0.4 is 5.32 Å². The van der Waals surface area contributed by atoms with E-state index in [0.29, 0.717) is 11.4 Å². The van der Waals surface area contributed by atoms with Crippen LogP contribution in [0.4, 0.5) is 5.82 Å². The van der Waals surface area contributed by atoms with Crippen LogP contribution in [0.2, 0.25) is 0 Å². The minimum Gasteiger partial charge on any atom is -0.370 e. The number of rotatable bonds is 5. The predicted octanol–water partition coefficient (Wildman–Crippen LogP) is 3.74. The van der Waals surface area contributed by atoms with Crippen LogP contribution in [-0.2, 0) is 10.0 Å². The molecular weight excluding hydrogens is 334 g/mol. The van der Waals surface area contributed by atoms with Crippen LogP contribution in [0.25, 0.3) is 0 Å². The number of aryl methyl sites for hydroxylation is 1. The van der Waals surface area contributed by atoms with E-state index in [1.807, 2.05) is 38.1 Å². The lowest BCUT2D eigenvalue weighted by Crippen LogP contribution is -2.38. The lowest BCUT2D eigenvalue weighted by atomic mass is 9.99. The van der Waals surface area contributed by atoms with Gasteiger partial charge >= 0.3 is 0 Å². The molecule has 0 bridgehead atoms. The van der Waals surface area contributed by atoms with Gasteiger partial charge in [-0.2, -0.15) is 4.31 Å². The Morgan fingerprint density at radius 3 is 2.56 bits per heavy atom. The second kappa shape index (κ2) is 7.54. The maximum Gasteiger partial charge on any atom is 0.243 e. The molecule has 0 unspecified atom stereocenters. The zero-order chi connectivity index (χ0) is 17.9. The van der Waals surface area contributed by atoms with Gasteiger partial charge in [0.25, 0.3) is 0 Å². The molecule has 134 valence electrons. The van der Waals surface area contributed by atoms with Crippen molar-refractivity contribution in [3.05, 3.63) is 53.7 Å². The highest BCUT2D eigenvalue weighted by molar-refractivity contribution is 7.89. The lowest BCUT2D eigenvalue weighted by molar-refractivity contribution is 0.255. The second-order valence-corrected chi connectivity index (χ2v) is 8.34. The third kappa shape index (κ3) is 3.85. The normalized spacial score (nSPS) is 18.9. The second-order valence-electron chi connectivity index (χ2n) is 6.45. The molecule has 1 aromatic carbocycles. The Kier molecular flexibility index (Phi) is 5.39. The molecule has 1 fully saturated rings. The predicted molar refractivity (Wildman–Crippen MR) is 100 cm³/mol. The topological polar surface area (TPSA) is 62.3 Å². The van der Waals surface area contributed by atoms with Crippen LogP contribution in [0.3, 0.4) is 0 Å². The van der Waals surface area contributed by atoms with Gasteiger partial charge in [0.1, 0.15) is 5.82 Å². The number of piperidine rings is 1. The molecule has 2 aromatic rings. The van der Waals surface area contributed by atoms with Crippen molar-refractivity contribution in [2.45, 2.75) is 44.0 Å². The van der Waals surface area contributed by atoms with Gasteiger partial charge in [0.2, 0.25) is 10.0 Å². The number of anilines is 1. The monoisotopic (exact) mass is 359 g/mol. The summed E-state index contributed by atoms with van der Waals surface area (Å²) in [6.45, 7) is 5.34. The molecule has 25 heavy (non-hydrogen) atoms. The minimum atomic E-state index is -3.51. The molecule has 0 radical (unpaired) electrons. The summed E-state index contributed by atoms with van der Waals surface area (Å²) in [5.74, 6) is 0.815. The average molecular weight is 359 g/mol. The molecular formula is C19H25N3O2S. The SMILES string of the molecule is CCNc1ccc([C@H]2CCCCN2S(=O)(=O)c2ccc(C)cc2)cn1. The van der Waals surface area contributed by atoms with Gasteiger partial charge in [-0.1, -0.05) is 30.2 Å². The number of aromatic nitrogens is 1. The molecule has 1 aliphatic rings. The Hall–Kier alpha value is -1.92. The van der Waals surface area contributed by atoms with Gasteiger partial charge in [0, 0.05) is 19.3 Å². The van der Waals surface area contributed by atoms with Crippen LogP contribution in [-0.4, -0.2) is 30.8 Å². The molecule has 3 rings (SSSR count). The van der Waals surface area contributed by atoms with Crippen molar-refractivity contribution < 1.29 is 8.42 Å². The molecule has 1 N–H and O–H groups in total. The highest BCUT2D eigenvalue weighted by atomic mass is 32.2. The zero-order valence-corrected chi connectivity index (χ0v) is 15.6. The van der Waals surface area contributed by atoms with Crippen molar-refractivity contribution >= 4 is 15.8 Å². The van der Waals surface area contributed by atoms with Gasteiger partial charge in [-0.25, -0.2) is 13.4 Å². The molecule has 6 heteroatoms. The summed E-state index contributed by atoms with van der Waals surface area (Å²) in [5, 5.41) is 3.17. The van der Waals surface area contributed by atoms with E-state index in [-0.39, 0.29) is 6.04 Å². The zero-order valence-electron chi connectivity index (χ0n) is 14.8. The maximum atomic E-state index is 13.1. The third-order valence-corrected chi connectivity index (χ3v) is 6.53. The highest BCUT2D eigenvalue weighted by Gasteiger charge is 2.34. The summed E-state index contributed by atoms with van der Waals surface area (Å²) in [6.07, 6.45) is 4.54. The van der Waals surface area contributed by atoms with Crippen molar-refractivity contribution in [1.82, 2.24) is 9.29 Å². The molecule has 0 saturated carbocycles. The summed E-state index contributed by atoms with van der Waals surface area (Å²) >= 11 is 0. The van der Waals surface area contributed by atoms with Crippen molar-refractivity contribution in [1.29, 1.82) is 0 Å². The van der Waals surface area contributed by atoms with E-state index in [2.05, 4.69) is 10.3 Å². The van der Waals surface area contributed by atoms with E-state index in [9.17, 15) is 8.42 Å². The fourth-order valence-corrected chi connectivity index (χ4v) is 4.94. The first kappa shape index (κ1) is 17.9. The Labute approximate surface area is 150 Å². The summed E-state index contributed by atoms with van der Waals surface area (Å²) in [5.41, 5.74) is 2.01. The molecule has 1 atom stereocenters. The number of nitrogens with one attached hydrogen (secondary N) is 1. The number of pyridine rings is 1. The molecule has 1 aromatic heterocycles. The van der Waals surface area contributed by atoms with E-state index in [1.165, 1.54) is 0 Å². The smallest absolute Gasteiger partial charge is 0.243 e. The summed E-state index contributed by atoms with van der Waals surface area (Å²) < 4.78 is 27.9. The average Bonchev–Trinajstić information content (AvgIpc) is 2.63. The Morgan fingerprint density at radius 2 is 1.92 bits per heavy atom. The van der Waals surface area contributed by atoms with Gasteiger partial charge in [-0.15, -0.1) is 0 Å². The van der Waals surface area contributed by atoms with Crippen molar-refractivity contribution in [2.24, 2.45) is 0 Å². The number of benzene rings is 1. The van der Waals surface area contributed by atoms with Gasteiger partial charge in [-0.05, 0) is 50.5 Å². The third-order valence-electron chi connectivity index (χ3n) is 4.61. The number of nitrogens with zero attached hydrogens (tertiary/aromatic N) is 2. The first-order valence-electron chi connectivity index (χ1n) is 8.80. The number of hydrogen-bond donors (Lipinski definition) is 1. The van der Waals surface area contributed by atoms with Crippen LogP contribution in [0.1, 0.15) is 43.4 Å². The highest BCUT2D eigenvalue weighted by Crippen LogP contribution is 2.35. The number of sulfonamides is 1. The lowest BCUT2D eigenvalue weighted by Gasteiger charge is -2.35. The van der Waals surface area contributed by atoms with Crippen molar-refractivity contribution in [2.75, 3.05) is 18.4 Å². The van der Waals surface area contributed by atoms with E-state index in [0.717, 1.165) is 42.8 Å². The van der Waals surface area contributed by atoms with E-state index < -0.39 is 10.0 Å². The van der Waals surface area contributed by atoms with E-state index in [1.54, 1.807) is 22.6 Å². The van der Waals surface area contributed by atoms with Gasteiger partial charge in [0.05, 0.1) is 10.9 Å². The minimum absolute atomic E-state index is 0.150. The molecule has 5 nitrogen and oxygen atoms in total. The van der Waals surface area contributed by atoms with Crippen LogP contribution >= 0.6 is 0 Å². The summed E-state index contributed by atoms with van der Waals surface area (Å²) in [4.78, 5) is 4.78. The Morgan fingerprint density at radius 1 is 1.16 bits per heavy atom. The molecule has 0 aliphatic carbocycles. The van der Waals surface area contributed by atoms with Gasteiger partial charge in [-0.3, -0.25) is 0 Å². The first-order valence-corrected chi connectivity index (χ1v) is 10.2. The van der Waals surface area contributed by atoms with Crippen LogP contribution in [0, 0.1) is 6.92 Å². The molecule has 1 aliphatic heterocycles.